The van der Waals surface area contributed by atoms with Crippen molar-refractivity contribution in [2.75, 3.05) is 13.2 Å². The maximum absolute atomic E-state index is 11.7. The third kappa shape index (κ3) is 3.74. The zero-order valence-corrected chi connectivity index (χ0v) is 10.6. The van der Waals surface area contributed by atoms with Gasteiger partial charge in [0.25, 0.3) is 0 Å². The summed E-state index contributed by atoms with van der Waals surface area (Å²) in [6.45, 7) is 3.60. The van der Waals surface area contributed by atoms with E-state index >= 15 is 0 Å². The summed E-state index contributed by atoms with van der Waals surface area (Å²) in [5.41, 5.74) is 0.684. The molecular formula is C14H19NO3. The molecule has 0 spiro atoms. The number of hydrogen-bond donors (Lipinski definition) is 1. The van der Waals surface area contributed by atoms with Crippen LogP contribution in [0, 0.1) is 0 Å². The third-order valence-electron chi connectivity index (χ3n) is 3.05. The van der Waals surface area contributed by atoms with Gasteiger partial charge < -0.3 is 14.8 Å². The molecule has 0 bridgehead atoms. The van der Waals surface area contributed by atoms with Gasteiger partial charge in [-0.2, -0.15) is 0 Å². The van der Waals surface area contributed by atoms with E-state index in [1.807, 2.05) is 37.3 Å². The number of carbonyl (C=O) groups is 1. The van der Waals surface area contributed by atoms with Gasteiger partial charge in [-0.3, -0.25) is 0 Å². The fourth-order valence-electron chi connectivity index (χ4n) is 2.04. The largest absolute Gasteiger partial charge is 0.445 e. The lowest BCUT2D eigenvalue weighted by Crippen LogP contribution is -2.51. The Morgan fingerprint density at radius 1 is 1.44 bits per heavy atom. The predicted molar refractivity (Wildman–Crippen MR) is 68.2 cm³/mol. The standard InChI is InChI=1S/C14H19NO3/c1-14(8-5-9-17-11-14)15-13(16)18-10-12-6-3-2-4-7-12/h2-4,6-7H,5,8-11H2,1H3,(H,15,16). The van der Waals surface area contributed by atoms with E-state index in [-0.39, 0.29) is 11.6 Å². The Hall–Kier alpha value is -1.55. The fraction of sp³-hybridized carbons (Fsp3) is 0.500. The monoisotopic (exact) mass is 249 g/mol. The fourth-order valence-corrected chi connectivity index (χ4v) is 2.04. The number of hydrogen-bond acceptors (Lipinski definition) is 3. The van der Waals surface area contributed by atoms with E-state index in [9.17, 15) is 4.79 Å². The molecule has 1 aliphatic rings. The number of carbonyl (C=O) groups excluding carboxylic acids is 1. The smallest absolute Gasteiger partial charge is 0.407 e. The number of alkyl carbamates (subject to hydrolysis) is 1. The van der Waals surface area contributed by atoms with Crippen LogP contribution >= 0.6 is 0 Å². The topological polar surface area (TPSA) is 47.6 Å². The van der Waals surface area contributed by atoms with Crippen molar-refractivity contribution in [2.45, 2.75) is 31.9 Å². The lowest BCUT2D eigenvalue weighted by Gasteiger charge is -2.33. The molecule has 4 heteroatoms. The molecule has 1 aliphatic heterocycles. The summed E-state index contributed by atoms with van der Waals surface area (Å²) in [7, 11) is 0. The Labute approximate surface area is 107 Å². The Morgan fingerprint density at radius 2 is 2.22 bits per heavy atom. The second-order valence-electron chi connectivity index (χ2n) is 4.90. The van der Waals surface area contributed by atoms with Gasteiger partial charge in [-0.15, -0.1) is 0 Å². The van der Waals surface area contributed by atoms with Crippen molar-refractivity contribution in [1.29, 1.82) is 0 Å². The lowest BCUT2D eigenvalue weighted by atomic mass is 9.95. The van der Waals surface area contributed by atoms with Gasteiger partial charge in [-0.1, -0.05) is 30.3 Å². The molecule has 1 saturated heterocycles. The molecular weight excluding hydrogens is 230 g/mol. The number of amides is 1. The second-order valence-corrected chi connectivity index (χ2v) is 4.90. The van der Waals surface area contributed by atoms with Gasteiger partial charge in [0.1, 0.15) is 6.61 Å². The minimum Gasteiger partial charge on any atom is -0.445 e. The molecule has 0 saturated carbocycles. The average Bonchev–Trinajstić information content (AvgIpc) is 2.38. The number of nitrogens with one attached hydrogen (secondary N) is 1. The lowest BCUT2D eigenvalue weighted by molar-refractivity contribution is 0.0253. The molecule has 1 N–H and O–H groups in total. The molecule has 1 unspecified atom stereocenters. The molecule has 2 rings (SSSR count). The van der Waals surface area contributed by atoms with Crippen molar-refractivity contribution in [2.24, 2.45) is 0 Å². The zero-order chi connectivity index (χ0) is 12.8. The summed E-state index contributed by atoms with van der Waals surface area (Å²) in [5, 5.41) is 2.88. The molecule has 18 heavy (non-hydrogen) atoms. The second kappa shape index (κ2) is 5.87. The molecule has 1 atom stereocenters. The van der Waals surface area contributed by atoms with E-state index in [0.717, 1.165) is 25.0 Å². The summed E-state index contributed by atoms with van der Waals surface area (Å²) in [5.74, 6) is 0. The Morgan fingerprint density at radius 3 is 2.89 bits per heavy atom. The molecule has 4 nitrogen and oxygen atoms in total. The minimum atomic E-state index is -0.383. The molecule has 1 amide bonds. The van der Waals surface area contributed by atoms with E-state index in [0.29, 0.717) is 13.2 Å². The highest BCUT2D eigenvalue weighted by Gasteiger charge is 2.29. The van der Waals surface area contributed by atoms with Crippen LogP contribution in [0.15, 0.2) is 30.3 Å². The van der Waals surface area contributed by atoms with E-state index in [1.54, 1.807) is 0 Å². The van der Waals surface area contributed by atoms with Crippen molar-refractivity contribution >= 4 is 6.09 Å². The summed E-state index contributed by atoms with van der Waals surface area (Å²) in [4.78, 5) is 11.7. The van der Waals surface area contributed by atoms with Crippen LogP contribution in [0.5, 0.6) is 0 Å². The normalized spacial score (nSPS) is 23.4. The molecule has 1 fully saturated rings. The molecule has 98 valence electrons. The van der Waals surface area contributed by atoms with E-state index in [1.165, 1.54) is 0 Å². The molecule has 0 aliphatic carbocycles. The van der Waals surface area contributed by atoms with Crippen molar-refractivity contribution in [3.05, 3.63) is 35.9 Å². The first-order valence-electron chi connectivity index (χ1n) is 6.25. The van der Waals surface area contributed by atoms with E-state index in [4.69, 9.17) is 9.47 Å². The van der Waals surface area contributed by atoms with Crippen LogP contribution in [0.2, 0.25) is 0 Å². The van der Waals surface area contributed by atoms with Gasteiger partial charge in [0.05, 0.1) is 12.1 Å². The first-order valence-corrected chi connectivity index (χ1v) is 6.25. The van der Waals surface area contributed by atoms with Crippen molar-refractivity contribution in [3.8, 4) is 0 Å². The first kappa shape index (κ1) is 12.9. The number of rotatable bonds is 3. The maximum atomic E-state index is 11.7. The van der Waals surface area contributed by atoms with E-state index < -0.39 is 0 Å². The zero-order valence-electron chi connectivity index (χ0n) is 10.6. The Balaban J connectivity index is 1.78. The molecule has 1 heterocycles. The summed E-state index contributed by atoms with van der Waals surface area (Å²) in [6.07, 6.45) is 1.51. The van der Waals surface area contributed by atoms with Crippen LogP contribution in [-0.4, -0.2) is 24.8 Å². The van der Waals surface area contributed by atoms with Gasteiger partial charge in [-0.05, 0) is 25.3 Å². The Bertz CT molecular complexity index is 385. The van der Waals surface area contributed by atoms with E-state index in [2.05, 4.69) is 5.32 Å². The highest BCUT2D eigenvalue weighted by atomic mass is 16.5. The van der Waals surface area contributed by atoms with Crippen LogP contribution in [-0.2, 0) is 16.1 Å². The Kier molecular flexibility index (Phi) is 4.20. The average molecular weight is 249 g/mol. The number of ether oxygens (including phenoxy) is 2. The van der Waals surface area contributed by atoms with Gasteiger partial charge in [0, 0.05) is 6.61 Å². The minimum absolute atomic E-state index is 0.295. The van der Waals surface area contributed by atoms with Crippen LogP contribution < -0.4 is 5.32 Å². The van der Waals surface area contributed by atoms with Crippen molar-refractivity contribution in [1.82, 2.24) is 5.32 Å². The molecule has 1 aromatic carbocycles. The van der Waals surface area contributed by atoms with Crippen LogP contribution in [0.4, 0.5) is 4.79 Å². The summed E-state index contributed by atoms with van der Waals surface area (Å²) in [6, 6.07) is 9.64. The highest BCUT2D eigenvalue weighted by molar-refractivity contribution is 5.68. The molecule has 0 radical (unpaired) electrons. The van der Waals surface area contributed by atoms with Crippen LogP contribution in [0.25, 0.3) is 0 Å². The van der Waals surface area contributed by atoms with Crippen LogP contribution in [0.3, 0.4) is 0 Å². The first-order chi connectivity index (χ1) is 8.68. The van der Waals surface area contributed by atoms with Crippen molar-refractivity contribution < 1.29 is 14.3 Å². The van der Waals surface area contributed by atoms with Crippen molar-refractivity contribution in [3.63, 3.8) is 0 Å². The van der Waals surface area contributed by atoms with Gasteiger partial charge >= 0.3 is 6.09 Å². The molecule has 0 aromatic heterocycles. The maximum Gasteiger partial charge on any atom is 0.407 e. The quantitative estimate of drug-likeness (QED) is 0.895. The van der Waals surface area contributed by atoms with Crippen LogP contribution in [0.1, 0.15) is 25.3 Å². The van der Waals surface area contributed by atoms with Gasteiger partial charge in [0.15, 0.2) is 0 Å². The molecule has 1 aromatic rings. The number of benzene rings is 1. The summed E-state index contributed by atoms with van der Waals surface area (Å²) < 4.78 is 10.6. The predicted octanol–water partition coefficient (Wildman–Crippen LogP) is 2.48. The summed E-state index contributed by atoms with van der Waals surface area (Å²) >= 11 is 0. The van der Waals surface area contributed by atoms with Gasteiger partial charge in [0.2, 0.25) is 0 Å². The SMILES string of the molecule is CC1(NC(=O)OCc2ccccc2)CCCOC1. The third-order valence-corrected chi connectivity index (χ3v) is 3.05. The van der Waals surface area contributed by atoms with Gasteiger partial charge in [-0.25, -0.2) is 4.79 Å². The highest BCUT2D eigenvalue weighted by Crippen LogP contribution is 2.18.